The van der Waals surface area contributed by atoms with Crippen molar-refractivity contribution in [3.05, 3.63) is 47.0 Å². The van der Waals surface area contributed by atoms with Gasteiger partial charge in [0.15, 0.2) is 0 Å². The molecule has 0 aliphatic carbocycles. The zero-order valence-corrected chi connectivity index (χ0v) is 15.4. The standard InChI is InChI=1S/C18H23ClN4O3/c1-25-13-4-2-12(3-5-13)10-15-16(7-9-20-15)26-18(24)21-8-6-14-17(19)23-11-22-14/h2-5,11,15-16,20H,6-10H2,1H3,(H,21,24)(H,22,23). The van der Waals surface area contributed by atoms with Crippen molar-refractivity contribution in [2.45, 2.75) is 31.4 Å². The number of ether oxygens (including phenoxy) is 2. The van der Waals surface area contributed by atoms with Crippen LogP contribution in [0.2, 0.25) is 5.15 Å². The molecule has 0 spiro atoms. The van der Waals surface area contributed by atoms with Crippen LogP contribution >= 0.6 is 11.6 Å². The molecule has 8 heteroatoms. The summed E-state index contributed by atoms with van der Waals surface area (Å²) in [5.41, 5.74) is 1.97. The van der Waals surface area contributed by atoms with E-state index in [0.29, 0.717) is 18.1 Å². The predicted molar refractivity (Wildman–Crippen MR) is 98.7 cm³/mol. The Balaban J connectivity index is 1.45. The van der Waals surface area contributed by atoms with Gasteiger partial charge in [0.25, 0.3) is 0 Å². The summed E-state index contributed by atoms with van der Waals surface area (Å²) in [6.07, 6.45) is 3.16. The fourth-order valence-corrected chi connectivity index (χ4v) is 3.25. The van der Waals surface area contributed by atoms with Crippen LogP contribution in [-0.2, 0) is 17.6 Å². The maximum Gasteiger partial charge on any atom is 0.407 e. The second-order valence-corrected chi connectivity index (χ2v) is 6.55. The highest BCUT2D eigenvalue weighted by Crippen LogP contribution is 2.18. The third-order valence-electron chi connectivity index (χ3n) is 4.47. The number of aromatic nitrogens is 2. The van der Waals surface area contributed by atoms with Crippen LogP contribution < -0.4 is 15.4 Å². The van der Waals surface area contributed by atoms with Gasteiger partial charge in [-0.15, -0.1) is 0 Å². The molecule has 0 radical (unpaired) electrons. The summed E-state index contributed by atoms with van der Waals surface area (Å²) in [4.78, 5) is 18.9. The number of benzene rings is 1. The first-order chi connectivity index (χ1) is 12.7. The number of amides is 1. The molecule has 2 heterocycles. The average molecular weight is 379 g/mol. The van der Waals surface area contributed by atoms with Gasteiger partial charge in [0.2, 0.25) is 0 Å². The number of hydrogen-bond donors (Lipinski definition) is 3. The van der Waals surface area contributed by atoms with E-state index in [2.05, 4.69) is 20.6 Å². The van der Waals surface area contributed by atoms with E-state index < -0.39 is 6.09 Å². The molecule has 1 aromatic heterocycles. The van der Waals surface area contributed by atoms with Gasteiger partial charge in [-0.25, -0.2) is 9.78 Å². The monoisotopic (exact) mass is 378 g/mol. The van der Waals surface area contributed by atoms with Crippen LogP contribution in [0.1, 0.15) is 17.7 Å². The molecule has 1 aliphatic heterocycles. The number of alkyl carbamates (subject to hydrolysis) is 1. The lowest BCUT2D eigenvalue weighted by molar-refractivity contribution is 0.0902. The highest BCUT2D eigenvalue weighted by atomic mass is 35.5. The normalized spacial score (nSPS) is 19.3. The van der Waals surface area contributed by atoms with Crippen molar-refractivity contribution in [3.63, 3.8) is 0 Å². The topological polar surface area (TPSA) is 88.3 Å². The van der Waals surface area contributed by atoms with Gasteiger partial charge in [-0.1, -0.05) is 23.7 Å². The molecule has 0 bridgehead atoms. The average Bonchev–Trinajstić information content (AvgIpc) is 3.25. The van der Waals surface area contributed by atoms with Crippen LogP contribution in [0.5, 0.6) is 5.75 Å². The van der Waals surface area contributed by atoms with Crippen molar-refractivity contribution in [2.75, 3.05) is 20.2 Å². The molecule has 2 unspecified atom stereocenters. The van der Waals surface area contributed by atoms with Gasteiger partial charge < -0.3 is 25.1 Å². The molecule has 1 fully saturated rings. The first-order valence-electron chi connectivity index (χ1n) is 8.64. The fourth-order valence-electron chi connectivity index (χ4n) is 3.05. The maximum absolute atomic E-state index is 12.1. The number of carbonyl (C=O) groups excluding carboxylic acids is 1. The highest BCUT2D eigenvalue weighted by Gasteiger charge is 2.30. The third kappa shape index (κ3) is 4.89. The zero-order chi connectivity index (χ0) is 18.4. The van der Waals surface area contributed by atoms with Crippen LogP contribution in [-0.4, -0.2) is 48.4 Å². The summed E-state index contributed by atoms with van der Waals surface area (Å²) in [6.45, 7) is 1.27. The lowest BCUT2D eigenvalue weighted by Gasteiger charge is -2.20. The van der Waals surface area contributed by atoms with E-state index in [1.54, 1.807) is 7.11 Å². The van der Waals surface area contributed by atoms with Crippen LogP contribution in [0.15, 0.2) is 30.6 Å². The Bertz CT molecular complexity index is 719. The molecule has 1 aromatic carbocycles. The minimum absolute atomic E-state index is 0.108. The number of H-pyrrole nitrogens is 1. The van der Waals surface area contributed by atoms with Gasteiger partial charge >= 0.3 is 6.09 Å². The Morgan fingerprint density at radius 1 is 1.38 bits per heavy atom. The summed E-state index contributed by atoms with van der Waals surface area (Å²) in [5.74, 6) is 0.831. The summed E-state index contributed by atoms with van der Waals surface area (Å²) in [7, 11) is 1.65. The molecule has 2 atom stereocenters. The Morgan fingerprint density at radius 2 is 2.19 bits per heavy atom. The van der Waals surface area contributed by atoms with Crippen molar-refractivity contribution in [1.29, 1.82) is 0 Å². The van der Waals surface area contributed by atoms with Gasteiger partial charge in [0.05, 0.1) is 19.1 Å². The number of carbonyl (C=O) groups is 1. The van der Waals surface area contributed by atoms with Gasteiger partial charge in [-0.2, -0.15) is 0 Å². The maximum atomic E-state index is 12.1. The number of nitrogens with zero attached hydrogens (tertiary/aromatic N) is 1. The number of rotatable bonds is 7. The van der Waals surface area contributed by atoms with Gasteiger partial charge in [0, 0.05) is 19.0 Å². The quantitative estimate of drug-likeness (QED) is 0.688. The van der Waals surface area contributed by atoms with Crippen LogP contribution in [0.4, 0.5) is 4.79 Å². The van der Waals surface area contributed by atoms with Crippen LogP contribution in [0, 0.1) is 0 Å². The molecule has 1 saturated heterocycles. The highest BCUT2D eigenvalue weighted by molar-refractivity contribution is 6.30. The first kappa shape index (κ1) is 18.5. The zero-order valence-electron chi connectivity index (χ0n) is 14.6. The Morgan fingerprint density at radius 3 is 2.88 bits per heavy atom. The second kappa shape index (κ2) is 8.91. The second-order valence-electron chi connectivity index (χ2n) is 6.19. The van der Waals surface area contributed by atoms with Crippen molar-refractivity contribution in [2.24, 2.45) is 0 Å². The fraction of sp³-hybridized carbons (Fsp3) is 0.444. The van der Waals surface area contributed by atoms with E-state index >= 15 is 0 Å². The van der Waals surface area contributed by atoms with Crippen molar-refractivity contribution < 1.29 is 14.3 Å². The van der Waals surface area contributed by atoms with E-state index in [1.165, 1.54) is 11.9 Å². The van der Waals surface area contributed by atoms with Crippen molar-refractivity contribution in [1.82, 2.24) is 20.6 Å². The number of aromatic amines is 1. The third-order valence-corrected chi connectivity index (χ3v) is 4.79. The van der Waals surface area contributed by atoms with E-state index in [0.717, 1.165) is 30.8 Å². The van der Waals surface area contributed by atoms with E-state index in [-0.39, 0.29) is 12.1 Å². The molecule has 7 nitrogen and oxygen atoms in total. The van der Waals surface area contributed by atoms with E-state index in [4.69, 9.17) is 21.1 Å². The van der Waals surface area contributed by atoms with E-state index in [9.17, 15) is 4.79 Å². The first-order valence-corrected chi connectivity index (χ1v) is 9.02. The van der Waals surface area contributed by atoms with Gasteiger partial charge in [0.1, 0.15) is 17.0 Å². The van der Waals surface area contributed by atoms with E-state index in [1.807, 2.05) is 24.3 Å². The number of hydrogen-bond acceptors (Lipinski definition) is 5. The minimum Gasteiger partial charge on any atom is -0.497 e. The van der Waals surface area contributed by atoms with Gasteiger partial charge in [-0.3, -0.25) is 0 Å². The molecule has 2 aromatic rings. The predicted octanol–water partition coefficient (Wildman–Crippen LogP) is 2.31. The molecule has 1 amide bonds. The molecule has 26 heavy (non-hydrogen) atoms. The lowest BCUT2D eigenvalue weighted by Crippen LogP contribution is -2.38. The van der Waals surface area contributed by atoms with Crippen LogP contribution in [0.25, 0.3) is 0 Å². The number of methoxy groups -OCH3 is 1. The largest absolute Gasteiger partial charge is 0.497 e. The smallest absolute Gasteiger partial charge is 0.407 e. The van der Waals surface area contributed by atoms with Crippen molar-refractivity contribution in [3.8, 4) is 5.75 Å². The summed E-state index contributed by atoms with van der Waals surface area (Å²) in [6, 6.07) is 8.05. The van der Waals surface area contributed by atoms with Gasteiger partial charge in [-0.05, 0) is 37.1 Å². The molecule has 3 N–H and O–H groups in total. The summed E-state index contributed by atoms with van der Waals surface area (Å²) >= 11 is 5.91. The summed E-state index contributed by atoms with van der Waals surface area (Å²) in [5, 5.41) is 6.60. The number of halogens is 1. The molecular formula is C18H23ClN4O3. The van der Waals surface area contributed by atoms with Crippen LogP contribution in [0.3, 0.4) is 0 Å². The Hall–Kier alpha value is -2.25. The minimum atomic E-state index is -0.408. The molecule has 1 aliphatic rings. The summed E-state index contributed by atoms with van der Waals surface area (Å²) < 4.78 is 10.8. The SMILES string of the molecule is COc1ccc(CC2NCCC2OC(=O)NCCc2[nH]cnc2Cl)cc1. The molecule has 3 rings (SSSR count). The number of imidazole rings is 1. The Labute approximate surface area is 157 Å². The molecule has 140 valence electrons. The Kier molecular flexibility index (Phi) is 6.35. The molecular weight excluding hydrogens is 356 g/mol. The molecule has 0 saturated carbocycles. The number of nitrogens with one attached hydrogen (secondary N) is 3. The van der Waals surface area contributed by atoms with Crippen molar-refractivity contribution >= 4 is 17.7 Å². The lowest BCUT2D eigenvalue weighted by atomic mass is 10.0.